The molecule has 2 heterocycles. The Bertz CT molecular complexity index is 554. The van der Waals surface area contributed by atoms with E-state index in [-0.39, 0.29) is 0 Å². The molecule has 2 aliphatic heterocycles. The minimum Gasteiger partial charge on any atom is -0.368 e. The molecule has 0 aliphatic carbocycles. The Morgan fingerprint density at radius 1 is 1.04 bits per heavy atom. The van der Waals surface area contributed by atoms with Crippen molar-refractivity contribution in [2.45, 2.75) is 12.8 Å². The summed E-state index contributed by atoms with van der Waals surface area (Å²) in [6, 6.07) is 5.74. The van der Waals surface area contributed by atoms with Crippen LogP contribution in [0.3, 0.4) is 0 Å². The Morgan fingerprint density at radius 3 is 2.33 bits per heavy atom. The second-order valence-corrected chi connectivity index (χ2v) is 6.81. The number of hydrogen-bond acceptors (Lipinski definition) is 5. The highest BCUT2D eigenvalue weighted by Gasteiger charge is 2.20. The molecule has 0 spiro atoms. The van der Waals surface area contributed by atoms with Crippen LogP contribution in [0, 0.1) is 0 Å². The molecule has 24 heavy (non-hydrogen) atoms. The van der Waals surface area contributed by atoms with E-state index in [0.717, 1.165) is 37.6 Å². The average molecular weight is 352 g/mol. The third-order valence-corrected chi connectivity index (χ3v) is 5.15. The van der Waals surface area contributed by atoms with Gasteiger partial charge in [-0.3, -0.25) is 15.6 Å². The summed E-state index contributed by atoms with van der Waals surface area (Å²) in [6.07, 6.45) is 3.95. The summed E-state index contributed by atoms with van der Waals surface area (Å²) < 4.78 is 0. The molecule has 3 rings (SSSR count). The molecule has 7 heteroatoms. The maximum atomic E-state index is 8.54. The third kappa shape index (κ3) is 4.60. The van der Waals surface area contributed by atoms with Gasteiger partial charge in [-0.25, -0.2) is 4.99 Å². The van der Waals surface area contributed by atoms with E-state index in [1.807, 2.05) is 23.7 Å². The van der Waals surface area contributed by atoms with Gasteiger partial charge in [0.05, 0.1) is 16.4 Å². The first-order valence-electron chi connectivity index (χ1n) is 8.67. The number of anilines is 1. The largest absolute Gasteiger partial charge is 0.368 e. The molecular formula is C17H26ClN5O. The molecule has 2 N–H and O–H groups in total. The molecule has 1 aromatic carbocycles. The molecule has 0 radical (unpaired) electrons. The fourth-order valence-corrected chi connectivity index (χ4v) is 3.73. The molecule has 0 atom stereocenters. The molecule has 0 unspecified atom stereocenters. The Labute approximate surface area is 148 Å². The van der Waals surface area contributed by atoms with Crippen LogP contribution >= 0.6 is 11.6 Å². The molecular weight excluding hydrogens is 326 g/mol. The van der Waals surface area contributed by atoms with Gasteiger partial charge >= 0.3 is 0 Å². The van der Waals surface area contributed by atoms with Gasteiger partial charge in [-0.2, -0.15) is 0 Å². The van der Waals surface area contributed by atoms with Crippen molar-refractivity contribution in [1.82, 2.24) is 15.3 Å². The van der Waals surface area contributed by atoms with Crippen molar-refractivity contribution >= 4 is 29.3 Å². The van der Waals surface area contributed by atoms with Crippen molar-refractivity contribution in [1.29, 1.82) is 0 Å². The van der Waals surface area contributed by atoms with Gasteiger partial charge in [0.25, 0.3) is 0 Å². The van der Waals surface area contributed by atoms with Crippen LogP contribution in [-0.2, 0) is 0 Å². The van der Waals surface area contributed by atoms with Crippen molar-refractivity contribution in [3.63, 3.8) is 0 Å². The maximum Gasteiger partial charge on any atom is 0.113 e. The van der Waals surface area contributed by atoms with Crippen LogP contribution in [0.1, 0.15) is 12.8 Å². The Morgan fingerprint density at radius 2 is 1.71 bits per heavy atom. The van der Waals surface area contributed by atoms with E-state index in [0.29, 0.717) is 5.02 Å². The van der Waals surface area contributed by atoms with E-state index in [1.54, 1.807) is 0 Å². The summed E-state index contributed by atoms with van der Waals surface area (Å²) in [7, 11) is 0. The Balaban J connectivity index is 1.49. The Hall–Kier alpha value is -1.34. The maximum absolute atomic E-state index is 8.54. The number of hydroxylamine groups is 1. The predicted molar refractivity (Wildman–Crippen MR) is 98.9 cm³/mol. The van der Waals surface area contributed by atoms with E-state index < -0.39 is 0 Å². The summed E-state index contributed by atoms with van der Waals surface area (Å²) in [5.74, 6) is 0. The third-order valence-electron chi connectivity index (χ3n) is 4.85. The number of nitrogens with one attached hydrogen (secondary N) is 1. The normalized spacial score (nSPS) is 20.2. The summed E-state index contributed by atoms with van der Waals surface area (Å²) in [5, 5.41) is 9.25. The highest BCUT2D eigenvalue weighted by Crippen LogP contribution is 2.30. The average Bonchev–Trinajstić information content (AvgIpc) is 3.12. The van der Waals surface area contributed by atoms with Crippen LogP contribution < -0.4 is 10.4 Å². The molecule has 2 fully saturated rings. The monoisotopic (exact) mass is 351 g/mol. The van der Waals surface area contributed by atoms with E-state index in [1.165, 1.54) is 45.4 Å². The van der Waals surface area contributed by atoms with Gasteiger partial charge in [-0.1, -0.05) is 11.6 Å². The minimum absolute atomic E-state index is 0.702. The zero-order valence-corrected chi connectivity index (χ0v) is 14.8. The van der Waals surface area contributed by atoms with Crippen LogP contribution in [0.5, 0.6) is 0 Å². The van der Waals surface area contributed by atoms with Gasteiger partial charge in [0, 0.05) is 39.3 Å². The van der Waals surface area contributed by atoms with Crippen molar-refractivity contribution in [3.8, 4) is 0 Å². The zero-order valence-electron chi connectivity index (χ0n) is 14.0. The minimum atomic E-state index is 0.702. The number of likely N-dealkylation sites (tertiary alicyclic amines) is 1. The van der Waals surface area contributed by atoms with Gasteiger partial charge in [-0.05, 0) is 44.1 Å². The number of halogens is 1. The lowest BCUT2D eigenvalue weighted by atomic mass is 10.2. The lowest BCUT2D eigenvalue weighted by Crippen LogP contribution is -2.48. The summed E-state index contributed by atoms with van der Waals surface area (Å²) in [5.41, 5.74) is 3.68. The number of piperazine rings is 1. The van der Waals surface area contributed by atoms with Crippen molar-refractivity contribution in [3.05, 3.63) is 23.2 Å². The molecule has 0 bridgehead atoms. The van der Waals surface area contributed by atoms with Crippen molar-refractivity contribution in [2.75, 3.05) is 57.3 Å². The summed E-state index contributed by atoms with van der Waals surface area (Å²) >= 11 is 6.41. The molecule has 132 valence electrons. The lowest BCUT2D eigenvalue weighted by molar-refractivity contribution is 0.215. The molecule has 1 aromatic rings. The van der Waals surface area contributed by atoms with E-state index >= 15 is 0 Å². The van der Waals surface area contributed by atoms with Gasteiger partial charge in [0.1, 0.15) is 6.34 Å². The lowest BCUT2D eigenvalue weighted by Gasteiger charge is -2.37. The first-order chi connectivity index (χ1) is 11.8. The molecule has 0 aromatic heterocycles. The van der Waals surface area contributed by atoms with Crippen LogP contribution in [0.15, 0.2) is 23.2 Å². The zero-order chi connectivity index (χ0) is 16.8. The predicted octanol–water partition coefficient (Wildman–Crippen LogP) is 2.20. The molecule has 0 saturated carbocycles. The number of nitrogens with zero attached hydrogens (tertiary/aromatic N) is 4. The molecule has 6 nitrogen and oxygen atoms in total. The van der Waals surface area contributed by atoms with Crippen molar-refractivity contribution in [2.24, 2.45) is 4.99 Å². The number of benzene rings is 1. The number of aliphatic imine (C=N–C) groups is 1. The fraction of sp³-hybridized carbons (Fsp3) is 0.588. The summed E-state index contributed by atoms with van der Waals surface area (Å²) in [6.45, 7) is 9.08. The van der Waals surface area contributed by atoms with Crippen molar-refractivity contribution < 1.29 is 5.21 Å². The number of rotatable bonds is 6. The summed E-state index contributed by atoms with van der Waals surface area (Å²) in [4.78, 5) is 11.5. The van der Waals surface area contributed by atoms with Crippen LogP contribution in [0.25, 0.3) is 0 Å². The number of hydrogen-bond donors (Lipinski definition) is 2. The second-order valence-electron chi connectivity index (χ2n) is 6.40. The fourth-order valence-electron chi connectivity index (χ4n) is 3.44. The first-order valence-corrected chi connectivity index (χ1v) is 9.05. The molecule has 0 amide bonds. The van der Waals surface area contributed by atoms with Gasteiger partial charge in [0.15, 0.2) is 0 Å². The SMILES string of the molecule is ONC=Nc1ccc(N2CCN(CCN3CCCC3)CC2)c(Cl)c1. The van der Waals surface area contributed by atoms with Gasteiger partial charge in [-0.15, -0.1) is 0 Å². The highest BCUT2D eigenvalue weighted by atomic mass is 35.5. The molecule has 2 saturated heterocycles. The van der Waals surface area contributed by atoms with Gasteiger partial charge < -0.3 is 9.80 Å². The smallest absolute Gasteiger partial charge is 0.113 e. The van der Waals surface area contributed by atoms with Crippen LogP contribution in [0.2, 0.25) is 5.02 Å². The first kappa shape index (κ1) is 17.5. The second kappa shape index (κ2) is 8.67. The van der Waals surface area contributed by atoms with E-state index in [2.05, 4.69) is 19.7 Å². The van der Waals surface area contributed by atoms with E-state index in [4.69, 9.17) is 16.8 Å². The van der Waals surface area contributed by atoms with Crippen LogP contribution in [0.4, 0.5) is 11.4 Å². The molecule has 2 aliphatic rings. The van der Waals surface area contributed by atoms with E-state index in [9.17, 15) is 0 Å². The topological polar surface area (TPSA) is 54.3 Å². The highest BCUT2D eigenvalue weighted by molar-refractivity contribution is 6.33. The standard InChI is InChI=1S/C17H26ClN5O/c18-16-13-15(19-14-20-24)3-4-17(16)23-11-9-22(10-12-23)8-7-21-5-1-2-6-21/h3-4,13-14,24H,1-2,5-12H2,(H,19,20). The Kier molecular flexibility index (Phi) is 6.31. The van der Waals surface area contributed by atoms with Gasteiger partial charge in [0.2, 0.25) is 0 Å². The quantitative estimate of drug-likeness (QED) is 0.467. The van der Waals surface area contributed by atoms with Crippen LogP contribution in [-0.4, -0.2) is 73.7 Å².